The summed E-state index contributed by atoms with van der Waals surface area (Å²) in [5.74, 6) is 0.733. The average molecular weight is 220 g/mol. The fourth-order valence-electron chi connectivity index (χ4n) is 1.58. The number of benzene rings is 1. The van der Waals surface area contributed by atoms with Crippen LogP contribution >= 0.6 is 0 Å². The van der Waals surface area contributed by atoms with Crippen LogP contribution in [0.5, 0.6) is 0 Å². The molecule has 1 aromatic rings. The van der Waals surface area contributed by atoms with Crippen LogP contribution in [-0.2, 0) is 6.42 Å². The molecule has 0 heterocycles. The van der Waals surface area contributed by atoms with Crippen LogP contribution in [0.3, 0.4) is 0 Å². The fourth-order valence-corrected chi connectivity index (χ4v) is 1.58. The first kappa shape index (κ1) is 13.0. The van der Waals surface area contributed by atoms with Crippen LogP contribution < -0.4 is 10.2 Å². The molecule has 0 aromatic heterocycles. The van der Waals surface area contributed by atoms with E-state index in [4.69, 9.17) is 0 Å². The number of hydrogen-bond acceptors (Lipinski definition) is 2. The van der Waals surface area contributed by atoms with Gasteiger partial charge in [0.1, 0.15) is 0 Å². The Hall–Kier alpha value is -1.02. The second-order valence-electron chi connectivity index (χ2n) is 4.91. The lowest BCUT2D eigenvalue weighted by atomic mass is 10.1. The van der Waals surface area contributed by atoms with E-state index >= 15 is 0 Å². The van der Waals surface area contributed by atoms with Gasteiger partial charge in [0.2, 0.25) is 0 Å². The Bertz CT molecular complexity index is 288. The lowest BCUT2D eigenvalue weighted by molar-refractivity contribution is 0.554. The summed E-state index contributed by atoms with van der Waals surface area (Å²) in [6.45, 7) is 6.65. The minimum atomic E-state index is 0.733. The summed E-state index contributed by atoms with van der Waals surface area (Å²) >= 11 is 0. The minimum Gasteiger partial charge on any atom is -0.378 e. The summed E-state index contributed by atoms with van der Waals surface area (Å²) in [7, 11) is 4.14. The summed E-state index contributed by atoms with van der Waals surface area (Å²) in [4.78, 5) is 2.13. The van der Waals surface area contributed by atoms with Crippen LogP contribution in [0, 0.1) is 5.92 Å². The predicted molar refractivity (Wildman–Crippen MR) is 72.2 cm³/mol. The molecule has 0 bridgehead atoms. The number of rotatable bonds is 6. The number of hydrogen-bond donors (Lipinski definition) is 1. The highest BCUT2D eigenvalue weighted by Gasteiger charge is 1.97. The van der Waals surface area contributed by atoms with E-state index in [0.29, 0.717) is 0 Å². The first-order valence-electron chi connectivity index (χ1n) is 6.06. The summed E-state index contributed by atoms with van der Waals surface area (Å²) in [5.41, 5.74) is 2.67. The summed E-state index contributed by atoms with van der Waals surface area (Å²) in [6.07, 6.45) is 1.11. The molecule has 90 valence electrons. The molecule has 2 heteroatoms. The lowest BCUT2D eigenvalue weighted by Crippen LogP contribution is -2.22. The first-order valence-corrected chi connectivity index (χ1v) is 6.06. The standard InChI is InChI=1S/C14H24N2/c1-12(2)11-15-10-9-13-5-7-14(8-6-13)16(3)4/h5-8,12,15H,9-11H2,1-4H3. The van der Waals surface area contributed by atoms with E-state index in [2.05, 4.69) is 62.4 Å². The van der Waals surface area contributed by atoms with Crippen molar-refractivity contribution < 1.29 is 0 Å². The van der Waals surface area contributed by atoms with E-state index in [0.717, 1.165) is 25.4 Å². The van der Waals surface area contributed by atoms with Gasteiger partial charge in [-0.05, 0) is 43.1 Å². The van der Waals surface area contributed by atoms with Crippen molar-refractivity contribution in [2.75, 3.05) is 32.1 Å². The van der Waals surface area contributed by atoms with E-state index in [1.165, 1.54) is 11.3 Å². The Morgan fingerprint density at radius 2 is 1.75 bits per heavy atom. The van der Waals surface area contributed by atoms with E-state index in [9.17, 15) is 0 Å². The molecule has 2 nitrogen and oxygen atoms in total. The van der Waals surface area contributed by atoms with E-state index in [-0.39, 0.29) is 0 Å². The minimum absolute atomic E-state index is 0.733. The third-order valence-corrected chi connectivity index (χ3v) is 2.60. The van der Waals surface area contributed by atoms with Crippen molar-refractivity contribution >= 4 is 5.69 Å². The van der Waals surface area contributed by atoms with Gasteiger partial charge < -0.3 is 10.2 Å². The zero-order valence-corrected chi connectivity index (χ0v) is 11.0. The van der Waals surface area contributed by atoms with Gasteiger partial charge in [0.15, 0.2) is 0 Å². The third-order valence-electron chi connectivity index (χ3n) is 2.60. The van der Waals surface area contributed by atoms with Crippen molar-refractivity contribution in [2.24, 2.45) is 5.92 Å². The fraction of sp³-hybridized carbons (Fsp3) is 0.571. The van der Waals surface area contributed by atoms with Crippen molar-refractivity contribution in [3.63, 3.8) is 0 Å². The molecule has 0 amide bonds. The van der Waals surface area contributed by atoms with Gasteiger partial charge in [-0.1, -0.05) is 26.0 Å². The lowest BCUT2D eigenvalue weighted by Gasteiger charge is -2.13. The molecule has 0 spiro atoms. The third kappa shape index (κ3) is 4.67. The zero-order valence-electron chi connectivity index (χ0n) is 11.0. The average Bonchev–Trinajstić information content (AvgIpc) is 2.25. The highest BCUT2D eigenvalue weighted by Crippen LogP contribution is 2.12. The van der Waals surface area contributed by atoms with Crippen molar-refractivity contribution in [3.8, 4) is 0 Å². The van der Waals surface area contributed by atoms with Gasteiger partial charge in [-0.25, -0.2) is 0 Å². The van der Waals surface area contributed by atoms with Gasteiger partial charge in [0, 0.05) is 19.8 Å². The molecule has 1 rings (SSSR count). The first-order chi connectivity index (χ1) is 7.59. The Kier molecular flexibility index (Phi) is 5.33. The molecule has 0 aliphatic carbocycles. The maximum absolute atomic E-state index is 3.46. The van der Waals surface area contributed by atoms with E-state index < -0.39 is 0 Å². The molecule has 1 aromatic carbocycles. The van der Waals surface area contributed by atoms with Crippen molar-refractivity contribution in [3.05, 3.63) is 29.8 Å². The monoisotopic (exact) mass is 220 g/mol. The molecule has 16 heavy (non-hydrogen) atoms. The Balaban J connectivity index is 2.32. The molecule has 0 fully saturated rings. The molecule has 0 aliphatic heterocycles. The van der Waals surface area contributed by atoms with Gasteiger partial charge >= 0.3 is 0 Å². The van der Waals surface area contributed by atoms with Gasteiger partial charge in [0.25, 0.3) is 0 Å². The van der Waals surface area contributed by atoms with Crippen molar-refractivity contribution in [1.82, 2.24) is 5.32 Å². The Morgan fingerprint density at radius 1 is 1.12 bits per heavy atom. The van der Waals surface area contributed by atoms with Crippen LogP contribution in [0.2, 0.25) is 0 Å². The Labute approximate surface area is 99.7 Å². The molecule has 0 unspecified atom stereocenters. The van der Waals surface area contributed by atoms with Gasteiger partial charge in [0.05, 0.1) is 0 Å². The van der Waals surface area contributed by atoms with E-state index in [1.54, 1.807) is 0 Å². The van der Waals surface area contributed by atoms with Crippen molar-refractivity contribution in [2.45, 2.75) is 20.3 Å². The SMILES string of the molecule is CC(C)CNCCc1ccc(N(C)C)cc1. The van der Waals surface area contributed by atoms with E-state index in [1.807, 2.05) is 0 Å². The zero-order chi connectivity index (χ0) is 12.0. The number of anilines is 1. The quantitative estimate of drug-likeness (QED) is 0.741. The summed E-state index contributed by atoms with van der Waals surface area (Å²) in [5, 5.41) is 3.46. The normalized spacial score (nSPS) is 10.8. The second kappa shape index (κ2) is 6.54. The van der Waals surface area contributed by atoms with Gasteiger partial charge in [-0.15, -0.1) is 0 Å². The number of nitrogens with zero attached hydrogens (tertiary/aromatic N) is 1. The molecule has 0 saturated heterocycles. The molecule has 0 radical (unpaired) electrons. The largest absolute Gasteiger partial charge is 0.378 e. The molecular formula is C14H24N2. The van der Waals surface area contributed by atoms with Crippen LogP contribution in [0.1, 0.15) is 19.4 Å². The van der Waals surface area contributed by atoms with Crippen molar-refractivity contribution in [1.29, 1.82) is 0 Å². The van der Waals surface area contributed by atoms with Crippen LogP contribution in [0.15, 0.2) is 24.3 Å². The van der Waals surface area contributed by atoms with Crippen LogP contribution in [-0.4, -0.2) is 27.2 Å². The predicted octanol–water partition coefficient (Wildman–Crippen LogP) is 2.54. The van der Waals surface area contributed by atoms with Crippen LogP contribution in [0.4, 0.5) is 5.69 Å². The molecule has 0 atom stereocenters. The molecule has 1 N–H and O–H groups in total. The maximum Gasteiger partial charge on any atom is 0.0361 e. The summed E-state index contributed by atoms with van der Waals surface area (Å²) in [6, 6.07) is 8.79. The molecular weight excluding hydrogens is 196 g/mol. The second-order valence-corrected chi connectivity index (χ2v) is 4.91. The highest BCUT2D eigenvalue weighted by atomic mass is 15.1. The Morgan fingerprint density at radius 3 is 2.25 bits per heavy atom. The maximum atomic E-state index is 3.46. The molecule has 0 aliphatic rings. The van der Waals surface area contributed by atoms with Crippen LogP contribution in [0.25, 0.3) is 0 Å². The number of nitrogens with one attached hydrogen (secondary N) is 1. The van der Waals surface area contributed by atoms with Gasteiger partial charge in [-0.3, -0.25) is 0 Å². The summed E-state index contributed by atoms with van der Waals surface area (Å²) < 4.78 is 0. The van der Waals surface area contributed by atoms with Gasteiger partial charge in [-0.2, -0.15) is 0 Å². The smallest absolute Gasteiger partial charge is 0.0361 e. The highest BCUT2D eigenvalue weighted by molar-refractivity contribution is 5.45. The molecule has 0 saturated carbocycles. The topological polar surface area (TPSA) is 15.3 Å².